The molecule has 1 amide bonds. The topological polar surface area (TPSA) is 23.6 Å². The van der Waals surface area contributed by atoms with Crippen LogP contribution in [-0.2, 0) is 4.79 Å². The molecule has 0 aromatic heterocycles. The summed E-state index contributed by atoms with van der Waals surface area (Å²) in [5.74, 6) is 0.236. The molecule has 16 heavy (non-hydrogen) atoms. The van der Waals surface area contributed by atoms with Crippen molar-refractivity contribution in [3.63, 3.8) is 0 Å². The summed E-state index contributed by atoms with van der Waals surface area (Å²) in [6.07, 6.45) is 2.15. The van der Waals surface area contributed by atoms with E-state index in [2.05, 4.69) is 4.90 Å². The van der Waals surface area contributed by atoms with Crippen LogP contribution in [0, 0.1) is 0 Å². The molecule has 2 aliphatic rings. The Morgan fingerprint density at radius 1 is 1.25 bits per heavy atom. The van der Waals surface area contributed by atoms with Gasteiger partial charge in [0, 0.05) is 17.3 Å². The number of hydrogen-bond donors (Lipinski definition) is 0. The summed E-state index contributed by atoms with van der Waals surface area (Å²) in [5.41, 5.74) is 0.948. The van der Waals surface area contributed by atoms with E-state index in [1.165, 1.54) is 0 Å². The fourth-order valence-electron chi connectivity index (χ4n) is 2.54. The molecule has 3 nitrogen and oxygen atoms in total. The lowest BCUT2D eigenvalue weighted by molar-refractivity contribution is -0.119. The molecule has 0 unspecified atom stereocenters. The molecule has 1 aromatic carbocycles. The zero-order chi connectivity index (χ0) is 11.1. The standard InChI is InChI=1S/C12H13ClN2O/c13-9-3-5-10(6-4-9)15-8-14-7-1-2-11(14)12(15)16/h3-6,11H,1-2,7-8H2/t11-/m1/s1. The van der Waals surface area contributed by atoms with E-state index in [1.54, 1.807) is 0 Å². The van der Waals surface area contributed by atoms with E-state index in [1.807, 2.05) is 29.2 Å². The van der Waals surface area contributed by atoms with Gasteiger partial charge in [-0.15, -0.1) is 0 Å². The molecule has 0 aliphatic carbocycles. The predicted molar refractivity (Wildman–Crippen MR) is 63.5 cm³/mol. The molecule has 0 radical (unpaired) electrons. The molecule has 0 bridgehead atoms. The lowest BCUT2D eigenvalue weighted by Gasteiger charge is -2.17. The summed E-state index contributed by atoms with van der Waals surface area (Å²) in [7, 11) is 0. The molecule has 3 rings (SSSR count). The smallest absolute Gasteiger partial charge is 0.245 e. The summed E-state index contributed by atoms with van der Waals surface area (Å²) in [5, 5.41) is 0.705. The Morgan fingerprint density at radius 2 is 2.00 bits per heavy atom. The van der Waals surface area contributed by atoms with Crippen molar-refractivity contribution in [1.29, 1.82) is 0 Å². The Kier molecular flexibility index (Phi) is 2.37. The van der Waals surface area contributed by atoms with E-state index in [-0.39, 0.29) is 11.9 Å². The molecule has 1 aromatic rings. The zero-order valence-electron chi connectivity index (χ0n) is 8.90. The van der Waals surface area contributed by atoms with Crippen LogP contribution in [0.3, 0.4) is 0 Å². The molecule has 2 saturated heterocycles. The highest BCUT2D eigenvalue weighted by atomic mass is 35.5. The van der Waals surface area contributed by atoms with E-state index >= 15 is 0 Å². The van der Waals surface area contributed by atoms with Gasteiger partial charge in [0.25, 0.3) is 0 Å². The number of carbonyl (C=O) groups is 1. The Hall–Kier alpha value is -1.06. The Morgan fingerprint density at radius 3 is 2.69 bits per heavy atom. The van der Waals surface area contributed by atoms with Gasteiger partial charge in [0.1, 0.15) is 0 Å². The SMILES string of the molecule is O=C1[C@H]2CCCN2CN1c1ccc(Cl)cc1. The molecule has 2 aliphatic heterocycles. The number of anilines is 1. The first-order valence-corrected chi connectivity index (χ1v) is 5.94. The van der Waals surface area contributed by atoms with E-state index in [9.17, 15) is 4.79 Å². The predicted octanol–water partition coefficient (Wildman–Crippen LogP) is 2.11. The number of halogens is 1. The number of fused-ring (bicyclic) bond motifs is 1. The number of nitrogens with zero attached hydrogens (tertiary/aromatic N) is 2. The molecule has 84 valence electrons. The fraction of sp³-hybridized carbons (Fsp3) is 0.417. The van der Waals surface area contributed by atoms with Gasteiger partial charge in [-0.25, -0.2) is 0 Å². The van der Waals surface area contributed by atoms with Gasteiger partial charge in [0.15, 0.2) is 0 Å². The Balaban J connectivity index is 1.86. The second-order valence-electron chi connectivity index (χ2n) is 4.35. The molecule has 2 heterocycles. The van der Waals surface area contributed by atoms with Crippen LogP contribution in [0.4, 0.5) is 5.69 Å². The zero-order valence-corrected chi connectivity index (χ0v) is 9.65. The summed E-state index contributed by atoms with van der Waals surface area (Å²) >= 11 is 5.84. The highest BCUT2D eigenvalue weighted by molar-refractivity contribution is 6.30. The average Bonchev–Trinajstić information content (AvgIpc) is 2.84. The van der Waals surface area contributed by atoms with Crippen molar-refractivity contribution in [3.8, 4) is 0 Å². The Labute approximate surface area is 99.6 Å². The quantitative estimate of drug-likeness (QED) is 0.746. The maximum absolute atomic E-state index is 12.1. The van der Waals surface area contributed by atoms with Crippen molar-refractivity contribution in [2.24, 2.45) is 0 Å². The van der Waals surface area contributed by atoms with Gasteiger partial charge in [0.05, 0.1) is 12.7 Å². The van der Waals surface area contributed by atoms with Gasteiger partial charge in [0.2, 0.25) is 5.91 Å². The first kappa shape index (κ1) is 10.1. The van der Waals surface area contributed by atoms with Crippen molar-refractivity contribution < 1.29 is 4.79 Å². The van der Waals surface area contributed by atoms with Gasteiger partial charge in [-0.2, -0.15) is 0 Å². The number of amides is 1. The largest absolute Gasteiger partial charge is 0.298 e. The van der Waals surface area contributed by atoms with Crippen molar-refractivity contribution in [2.45, 2.75) is 18.9 Å². The van der Waals surface area contributed by atoms with Gasteiger partial charge in [-0.3, -0.25) is 14.6 Å². The van der Waals surface area contributed by atoms with Gasteiger partial charge in [-0.1, -0.05) is 11.6 Å². The lowest BCUT2D eigenvalue weighted by atomic mass is 10.2. The number of benzene rings is 1. The fourth-order valence-corrected chi connectivity index (χ4v) is 2.66. The van der Waals surface area contributed by atoms with E-state index in [0.717, 1.165) is 31.7 Å². The van der Waals surface area contributed by atoms with Crippen LogP contribution >= 0.6 is 11.6 Å². The third-order valence-corrected chi connectivity index (χ3v) is 3.63. The van der Waals surface area contributed by atoms with Gasteiger partial charge >= 0.3 is 0 Å². The molecule has 0 spiro atoms. The molecule has 1 atom stereocenters. The normalized spacial score (nSPS) is 25.2. The van der Waals surface area contributed by atoms with Crippen molar-refractivity contribution in [2.75, 3.05) is 18.1 Å². The van der Waals surface area contributed by atoms with Crippen LogP contribution in [0.2, 0.25) is 5.02 Å². The summed E-state index contributed by atoms with van der Waals surface area (Å²) in [6.45, 7) is 1.77. The summed E-state index contributed by atoms with van der Waals surface area (Å²) in [4.78, 5) is 16.2. The highest BCUT2D eigenvalue weighted by Crippen LogP contribution is 2.29. The third kappa shape index (κ3) is 1.51. The highest BCUT2D eigenvalue weighted by Gasteiger charge is 2.41. The van der Waals surface area contributed by atoms with Crippen molar-refractivity contribution in [3.05, 3.63) is 29.3 Å². The molecule has 0 saturated carbocycles. The first-order valence-electron chi connectivity index (χ1n) is 5.57. The van der Waals surface area contributed by atoms with Crippen LogP contribution in [0.1, 0.15) is 12.8 Å². The van der Waals surface area contributed by atoms with E-state index in [4.69, 9.17) is 11.6 Å². The third-order valence-electron chi connectivity index (χ3n) is 3.38. The maximum atomic E-state index is 12.1. The van der Waals surface area contributed by atoms with Gasteiger partial charge < -0.3 is 0 Å². The van der Waals surface area contributed by atoms with Gasteiger partial charge in [-0.05, 0) is 37.1 Å². The maximum Gasteiger partial charge on any atom is 0.245 e. The summed E-state index contributed by atoms with van der Waals surface area (Å²) < 4.78 is 0. The second kappa shape index (κ2) is 3.75. The monoisotopic (exact) mass is 236 g/mol. The number of rotatable bonds is 1. The van der Waals surface area contributed by atoms with E-state index in [0.29, 0.717) is 5.02 Å². The van der Waals surface area contributed by atoms with Crippen molar-refractivity contribution >= 4 is 23.2 Å². The lowest BCUT2D eigenvalue weighted by Crippen LogP contribution is -2.28. The minimum atomic E-state index is 0.121. The minimum Gasteiger partial charge on any atom is -0.298 e. The minimum absolute atomic E-state index is 0.121. The molecule has 4 heteroatoms. The number of carbonyl (C=O) groups excluding carboxylic acids is 1. The first-order chi connectivity index (χ1) is 7.75. The number of hydrogen-bond acceptors (Lipinski definition) is 2. The molecular formula is C12H13ClN2O. The Bertz CT molecular complexity index is 418. The second-order valence-corrected chi connectivity index (χ2v) is 4.79. The van der Waals surface area contributed by atoms with Crippen LogP contribution in [0.25, 0.3) is 0 Å². The van der Waals surface area contributed by atoms with E-state index < -0.39 is 0 Å². The van der Waals surface area contributed by atoms with Crippen LogP contribution in [0.5, 0.6) is 0 Å². The van der Waals surface area contributed by atoms with Crippen LogP contribution < -0.4 is 4.90 Å². The molecular weight excluding hydrogens is 224 g/mol. The molecule has 0 N–H and O–H groups in total. The molecule has 2 fully saturated rings. The average molecular weight is 237 g/mol. The van der Waals surface area contributed by atoms with Crippen molar-refractivity contribution in [1.82, 2.24) is 4.90 Å². The van der Waals surface area contributed by atoms with Crippen LogP contribution in [0.15, 0.2) is 24.3 Å². The summed E-state index contributed by atoms with van der Waals surface area (Å²) in [6, 6.07) is 7.59. The van der Waals surface area contributed by atoms with Crippen LogP contribution in [-0.4, -0.2) is 30.1 Å².